The molecule has 3 nitrogen and oxygen atoms in total. The maximum atomic E-state index is 13.5. The van der Waals surface area contributed by atoms with Crippen molar-refractivity contribution >= 4 is 28.8 Å². The Hall–Kier alpha value is -1.07. The van der Waals surface area contributed by atoms with Crippen LogP contribution >= 0.6 is 22.9 Å². The molecule has 2 aromatic rings. The van der Waals surface area contributed by atoms with E-state index in [2.05, 4.69) is 5.10 Å². The van der Waals surface area contributed by atoms with Crippen molar-refractivity contribution in [1.29, 1.82) is 0 Å². The molecule has 0 aliphatic heterocycles. The number of thiophene rings is 1. The van der Waals surface area contributed by atoms with Gasteiger partial charge in [0.2, 0.25) is 0 Å². The SMILES string of the molecule is Cn1nc(-c2ccc(Cl)s2)c(F)c1N. The van der Waals surface area contributed by atoms with Crippen LogP contribution in [0.4, 0.5) is 10.2 Å². The van der Waals surface area contributed by atoms with Gasteiger partial charge in [-0.1, -0.05) is 11.6 Å². The summed E-state index contributed by atoms with van der Waals surface area (Å²) in [5.74, 6) is -0.462. The number of nitrogen functional groups attached to an aromatic ring is 1. The van der Waals surface area contributed by atoms with E-state index in [0.29, 0.717) is 9.21 Å². The first kappa shape index (κ1) is 9.48. The van der Waals surface area contributed by atoms with E-state index in [1.807, 2.05) is 0 Å². The quantitative estimate of drug-likeness (QED) is 0.820. The number of halogens is 2. The Morgan fingerprint density at radius 3 is 2.71 bits per heavy atom. The third kappa shape index (κ3) is 1.38. The number of rotatable bonds is 1. The highest BCUT2D eigenvalue weighted by Gasteiger charge is 2.16. The lowest BCUT2D eigenvalue weighted by atomic mass is 10.3. The second kappa shape index (κ2) is 3.25. The molecule has 14 heavy (non-hydrogen) atoms. The minimum Gasteiger partial charge on any atom is -0.381 e. The summed E-state index contributed by atoms with van der Waals surface area (Å²) < 4.78 is 15.4. The third-order valence-electron chi connectivity index (χ3n) is 1.84. The third-order valence-corrected chi connectivity index (χ3v) is 3.08. The van der Waals surface area contributed by atoms with Crippen molar-refractivity contribution in [2.24, 2.45) is 7.05 Å². The molecule has 0 saturated heterocycles. The molecular weight excluding hydrogens is 225 g/mol. The Kier molecular flexibility index (Phi) is 2.20. The molecule has 0 saturated carbocycles. The van der Waals surface area contributed by atoms with Gasteiger partial charge in [0.05, 0.1) is 9.21 Å². The molecule has 0 amide bonds. The summed E-state index contributed by atoms with van der Waals surface area (Å²) in [6.07, 6.45) is 0. The largest absolute Gasteiger partial charge is 0.381 e. The van der Waals surface area contributed by atoms with Gasteiger partial charge in [-0.3, -0.25) is 0 Å². The molecular formula is C8H7ClFN3S. The average Bonchev–Trinajstić information content (AvgIpc) is 2.66. The van der Waals surface area contributed by atoms with E-state index in [4.69, 9.17) is 17.3 Å². The molecule has 0 fully saturated rings. The second-order valence-corrected chi connectivity index (χ2v) is 4.49. The van der Waals surface area contributed by atoms with Crippen LogP contribution in [0, 0.1) is 5.82 Å². The van der Waals surface area contributed by atoms with Crippen LogP contribution in [0.25, 0.3) is 10.6 Å². The van der Waals surface area contributed by atoms with Crippen LogP contribution in [-0.4, -0.2) is 9.78 Å². The van der Waals surface area contributed by atoms with Crippen LogP contribution in [0.15, 0.2) is 12.1 Å². The van der Waals surface area contributed by atoms with Gasteiger partial charge >= 0.3 is 0 Å². The zero-order valence-electron chi connectivity index (χ0n) is 7.29. The molecule has 2 N–H and O–H groups in total. The number of aryl methyl sites for hydroxylation is 1. The van der Waals surface area contributed by atoms with Crippen LogP contribution in [0.2, 0.25) is 4.34 Å². The van der Waals surface area contributed by atoms with Crippen LogP contribution < -0.4 is 5.73 Å². The van der Waals surface area contributed by atoms with Gasteiger partial charge in [0.1, 0.15) is 5.69 Å². The molecule has 0 radical (unpaired) electrons. The average molecular weight is 232 g/mol. The molecule has 6 heteroatoms. The Balaban J connectivity index is 2.57. The Labute approximate surface area is 88.9 Å². The normalized spacial score (nSPS) is 10.8. The first-order valence-corrected chi connectivity index (χ1v) is 5.02. The fourth-order valence-electron chi connectivity index (χ4n) is 1.11. The first-order chi connectivity index (χ1) is 6.59. The van der Waals surface area contributed by atoms with E-state index in [1.165, 1.54) is 16.0 Å². The van der Waals surface area contributed by atoms with Gasteiger partial charge < -0.3 is 5.73 Å². The van der Waals surface area contributed by atoms with E-state index in [1.54, 1.807) is 19.2 Å². The molecule has 2 rings (SSSR count). The zero-order valence-corrected chi connectivity index (χ0v) is 8.86. The van der Waals surface area contributed by atoms with Gasteiger partial charge in [-0.2, -0.15) is 5.10 Å². The maximum Gasteiger partial charge on any atom is 0.193 e. The first-order valence-electron chi connectivity index (χ1n) is 3.83. The summed E-state index contributed by atoms with van der Waals surface area (Å²) in [7, 11) is 1.59. The van der Waals surface area contributed by atoms with Crippen molar-refractivity contribution in [2.45, 2.75) is 0 Å². The molecule has 0 aliphatic carbocycles. The minimum atomic E-state index is -0.494. The maximum absolute atomic E-state index is 13.5. The fourth-order valence-corrected chi connectivity index (χ4v) is 2.13. The van der Waals surface area contributed by atoms with Crippen molar-refractivity contribution in [2.75, 3.05) is 5.73 Å². The summed E-state index contributed by atoms with van der Waals surface area (Å²) in [6.45, 7) is 0. The minimum absolute atomic E-state index is 0.0320. The molecule has 2 heterocycles. The Morgan fingerprint density at radius 2 is 2.29 bits per heavy atom. The van der Waals surface area contributed by atoms with Crippen molar-refractivity contribution in [1.82, 2.24) is 9.78 Å². The Morgan fingerprint density at radius 1 is 1.57 bits per heavy atom. The number of anilines is 1. The van der Waals surface area contributed by atoms with Crippen LogP contribution in [0.5, 0.6) is 0 Å². The number of hydrogen-bond donors (Lipinski definition) is 1. The van der Waals surface area contributed by atoms with E-state index < -0.39 is 5.82 Å². The lowest BCUT2D eigenvalue weighted by Crippen LogP contribution is -1.97. The molecule has 2 aromatic heterocycles. The molecule has 74 valence electrons. The van der Waals surface area contributed by atoms with Crippen molar-refractivity contribution < 1.29 is 4.39 Å². The van der Waals surface area contributed by atoms with Crippen LogP contribution in [0.3, 0.4) is 0 Å². The highest BCUT2D eigenvalue weighted by atomic mass is 35.5. The van der Waals surface area contributed by atoms with Crippen molar-refractivity contribution in [3.05, 3.63) is 22.3 Å². The molecule has 0 spiro atoms. The zero-order chi connectivity index (χ0) is 10.3. The summed E-state index contributed by atoms with van der Waals surface area (Å²) in [4.78, 5) is 0.680. The smallest absolute Gasteiger partial charge is 0.193 e. The number of aromatic nitrogens is 2. The van der Waals surface area contributed by atoms with E-state index in [-0.39, 0.29) is 11.5 Å². The predicted molar refractivity (Wildman–Crippen MR) is 55.9 cm³/mol. The van der Waals surface area contributed by atoms with Gasteiger partial charge in [0, 0.05) is 7.05 Å². The number of hydrogen-bond acceptors (Lipinski definition) is 3. The van der Waals surface area contributed by atoms with Gasteiger partial charge in [0.15, 0.2) is 11.6 Å². The number of nitrogens with zero attached hydrogens (tertiary/aromatic N) is 2. The standard InChI is InChI=1S/C8H7ClFN3S/c1-13-8(11)6(10)7(12-13)4-2-3-5(9)14-4/h2-3H,11H2,1H3. The molecule has 0 unspecified atom stereocenters. The Bertz CT molecular complexity index is 477. The van der Waals surface area contributed by atoms with Crippen molar-refractivity contribution in [3.8, 4) is 10.6 Å². The highest BCUT2D eigenvalue weighted by Crippen LogP contribution is 2.33. The molecule has 0 aliphatic rings. The summed E-state index contributed by atoms with van der Waals surface area (Å²) >= 11 is 7.01. The van der Waals surface area contributed by atoms with Crippen LogP contribution in [0.1, 0.15) is 0 Å². The number of nitrogens with two attached hydrogens (primary N) is 1. The lowest BCUT2D eigenvalue weighted by Gasteiger charge is -1.88. The monoisotopic (exact) mass is 231 g/mol. The summed E-state index contributed by atoms with van der Waals surface area (Å²) in [5, 5.41) is 3.96. The summed E-state index contributed by atoms with van der Waals surface area (Å²) in [6, 6.07) is 3.42. The predicted octanol–water partition coefficient (Wildman–Crippen LogP) is 2.52. The van der Waals surface area contributed by atoms with E-state index in [0.717, 1.165) is 0 Å². The van der Waals surface area contributed by atoms with Gasteiger partial charge in [-0.05, 0) is 12.1 Å². The van der Waals surface area contributed by atoms with Crippen molar-refractivity contribution in [3.63, 3.8) is 0 Å². The van der Waals surface area contributed by atoms with E-state index >= 15 is 0 Å². The van der Waals surface area contributed by atoms with Gasteiger partial charge in [-0.15, -0.1) is 11.3 Å². The molecule has 0 atom stereocenters. The fraction of sp³-hybridized carbons (Fsp3) is 0.125. The molecule has 0 aromatic carbocycles. The van der Waals surface area contributed by atoms with Gasteiger partial charge in [-0.25, -0.2) is 9.07 Å². The summed E-state index contributed by atoms with van der Waals surface area (Å²) in [5.41, 5.74) is 5.70. The second-order valence-electron chi connectivity index (χ2n) is 2.78. The molecule has 0 bridgehead atoms. The van der Waals surface area contributed by atoms with Crippen LogP contribution in [-0.2, 0) is 7.05 Å². The highest BCUT2D eigenvalue weighted by molar-refractivity contribution is 7.19. The topological polar surface area (TPSA) is 43.8 Å². The lowest BCUT2D eigenvalue weighted by molar-refractivity contribution is 0.634. The van der Waals surface area contributed by atoms with Gasteiger partial charge in [0.25, 0.3) is 0 Å². The van der Waals surface area contributed by atoms with E-state index in [9.17, 15) is 4.39 Å².